The van der Waals surface area contributed by atoms with Gasteiger partial charge in [-0.05, 0) is 6.07 Å². The van der Waals surface area contributed by atoms with Crippen molar-refractivity contribution in [2.75, 3.05) is 0 Å². The minimum Gasteiger partial charge on any atom is -0.258 e. The average Bonchev–Trinajstić information content (AvgIpc) is 2.76. The van der Waals surface area contributed by atoms with E-state index in [2.05, 4.69) is 9.98 Å². The van der Waals surface area contributed by atoms with Crippen molar-refractivity contribution in [3.63, 3.8) is 0 Å². The third kappa shape index (κ3) is 1.69. The molecule has 1 aliphatic rings. The molecule has 0 N–H and O–H groups in total. The Hall–Kier alpha value is -2.77. The maximum atomic E-state index is 10.8. The lowest BCUT2D eigenvalue weighted by Gasteiger charge is -1.90. The number of hydrogen-bond donors (Lipinski definition) is 0. The molecule has 7 nitrogen and oxygen atoms in total. The van der Waals surface area contributed by atoms with E-state index in [-0.39, 0.29) is 32.8 Å². The van der Waals surface area contributed by atoms with E-state index in [0.29, 0.717) is 0 Å². The maximum Gasteiger partial charge on any atom is 0.297 e. The Morgan fingerprint density at radius 1 is 1.28 bits per heavy atom. The van der Waals surface area contributed by atoms with Crippen LogP contribution in [0, 0.1) is 32.8 Å². The number of benzene rings is 1. The van der Waals surface area contributed by atoms with Crippen LogP contribution >= 0.6 is 11.6 Å². The molecule has 0 aliphatic carbocycles. The molecule has 1 aliphatic heterocycles. The summed E-state index contributed by atoms with van der Waals surface area (Å²) in [6.07, 6.45) is 0. The highest BCUT2D eigenvalue weighted by atomic mass is 35.5. The Bertz CT molecular complexity index is 781. The molecule has 0 spiro atoms. The van der Waals surface area contributed by atoms with Gasteiger partial charge in [0.05, 0.1) is 9.95 Å². The highest BCUT2D eigenvalue weighted by molar-refractivity contribution is 6.30. The molecule has 2 rings (SSSR count). The summed E-state index contributed by atoms with van der Waals surface area (Å²) < 4.78 is 0. The van der Waals surface area contributed by atoms with Gasteiger partial charge in [0.2, 0.25) is 0 Å². The molecule has 0 aromatic heterocycles. The van der Waals surface area contributed by atoms with Crippen LogP contribution in [0.4, 0.5) is 5.69 Å². The van der Waals surface area contributed by atoms with E-state index in [4.69, 9.17) is 22.1 Å². The van der Waals surface area contributed by atoms with Gasteiger partial charge in [-0.2, -0.15) is 10.5 Å². The van der Waals surface area contributed by atoms with Gasteiger partial charge in [-0.15, -0.1) is 0 Å². The molecule has 0 atom stereocenters. The summed E-state index contributed by atoms with van der Waals surface area (Å²) in [5.74, 6) is -0.161. The zero-order valence-electron chi connectivity index (χ0n) is 8.59. The van der Waals surface area contributed by atoms with Crippen LogP contribution in [0.2, 0.25) is 5.02 Å². The lowest BCUT2D eigenvalue weighted by Crippen LogP contribution is -2.25. The van der Waals surface area contributed by atoms with Crippen LogP contribution in [-0.2, 0) is 0 Å². The first-order valence-electron chi connectivity index (χ1n) is 4.53. The van der Waals surface area contributed by atoms with Crippen LogP contribution in [0.1, 0.15) is 0 Å². The molecule has 1 heterocycles. The van der Waals surface area contributed by atoms with Gasteiger partial charge in [-0.1, -0.05) is 11.6 Å². The second-order valence-electron chi connectivity index (χ2n) is 3.17. The van der Waals surface area contributed by atoms with Gasteiger partial charge in [-0.25, -0.2) is 9.98 Å². The predicted molar refractivity (Wildman–Crippen MR) is 58.7 cm³/mol. The van der Waals surface area contributed by atoms with Crippen molar-refractivity contribution >= 4 is 17.3 Å². The topological polar surface area (TPSA) is 115 Å². The average molecular weight is 260 g/mol. The quantitative estimate of drug-likeness (QED) is 0.420. The predicted octanol–water partition coefficient (Wildman–Crippen LogP) is 0.760. The van der Waals surface area contributed by atoms with E-state index in [0.717, 1.165) is 0 Å². The molecule has 0 saturated carbocycles. The molecule has 0 unspecified atom stereocenters. The molecule has 18 heavy (non-hydrogen) atoms. The van der Waals surface area contributed by atoms with E-state index in [1.807, 2.05) is 0 Å². The van der Waals surface area contributed by atoms with Crippen molar-refractivity contribution in [2.24, 2.45) is 9.98 Å². The second kappa shape index (κ2) is 4.24. The Labute approximate surface area is 105 Å². The van der Waals surface area contributed by atoms with E-state index >= 15 is 0 Å². The molecule has 1 aromatic rings. The Morgan fingerprint density at radius 2 is 1.89 bits per heavy atom. The maximum absolute atomic E-state index is 10.8. The van der Waals surface area contributed by atoms with Gasteiger partial charge < -0.3 is 0 Å². The fourth-order valence-electron chi connectivity index (χ4n) is 1.38. The largest absolute Gasteiger partial charge is 0.297 e. The number of halogens is 1. The third-order valence-electron chi connectivity index (χ3n) is 2.16. The summed E-state index contributed by atoms with van der Waals surface area (Å²) >= 11 is 5.84. The van der Waals surface area contributed by atoms with Crippen molar-refractivity contribution in [3.05, 3.63) is 49.4 Å². The zero-order valence-corrected chi connectivity index (χ0v) is 9.34. The van der Waals surface area contributed by atoms with E-state index in [9.17, 15) is 10.1 Å². The molecule has 0 bridgehead atoms. The zero-order chi connectivity index (χ0) is 13.3. The van der Waals surface area contributed by atoms with Crippen molar-refractivity contribution in [2.45, 2.75) is 0 Å². The summed E-state index contributed by atoms with van der Waals surface area (Å²) in [6.45, 7) is 0. The number of nitro groups is 1. The third-order valence-corrected chi connectivity index (χ3v) is 2.46. The van der Waals surface area contributed by atoms with Crippen LogP contribution in [0.15, 0.2) is 33.5 Å². The number of nitro benzene ring substituents is 1. The number of hydrogen-bond acceptors (Lipinski definition) is 6. The van der Waals surface area contributed by atoms with Crippen LogP contribution < -0.4 is 10.7 Å². The van der Waals surface area contributed by atoms with Crippen molar-refractivity contribution < 1.29 is 4.92 Å². The van der Waals surface area contributed by atoms with Crippen molar-refractivity contribution in [1.82, 2.24) is 0 Å². The lowest BCUT2D eigenvalue weighted by atomic mass is 10.3. The minimum atomic E-state index is -0.629. The van der Waals surface area contributed by atoms with Gasteiger partial charge in [0.1, 0.15) is 17.5 Å². The number of nitriles is 2. The second-order valence-corrected chi connectivity index (χ2v) is 3.57. The van der Waals surface area contributed by atoms with Gasteiger partial charge in [0.15, 0.2) is 16.8 Å². The number of fused-ring (bicyclic) bond motifs is 1. The summed E-state index contributed by atoms with van der Waals surface area (Å²) in [5, 5.41) is 28.4. The molecule has 0 saturated heterocycles. The molecule has 0 amide bonds. The Morgan fingerprint density at radius 3 is 2.44 bits per heavy atom. The molecule has 0 fully saturated rings. The Balaban J connectivity index is 2.89. The molecular weight excluding hydrogens is 258 g/mol. The minimum absolute atomic E-state index is 0.0366. The molecule has 8 heteroatoms. The van der Waals surface area contributed by atoms with Crippen molar-refractivity contribution in [3.8, 4) is 12.1 Å². The lowest BCUT2D eigenvalue weighted by molar-refractivity contribution is -0.386. The highest BCUT2D eigenvalue weighted by Gasteiger charge is 2.19. The smallest absolute Gasteiger partial charge is 0.258 e. The number of nitrogens with zero attached hydrogens (tertiary/aromatic N) is 5. The first-order valence-corrected chi connectivity index (χ1v) is 4.91. The van der Waals surface area contributed by atoms with E-state index < -0.39 is 4.92 Å². The molecule has 1 aromatic carbocycles. The number of non-ortho nitro benzene ring substituents is 1. The standard InChI is InChI=1S/C10H2ClN5O2/c11-6-1-2-7(16(17)18)9-8(6)14-10(15-9)5(3-12)4-13/h1-2H. The van der Waals surface area contributed by atoms with Crippen LogP contribution in [0.5, 0.6) is 0 Å². The van der Waals surface area contributed by atoms with Gasteiger partial charge >= 0.3 is 0 Å². The molecule has 86 valence electrons. The van der Waals surface area contributed by atoms with Crippen LogP contribution in [0.3, 0.4) is 0 Å². The van der Waals surface area contributed by atoms with Gasteiger partial charge in [0.25, 0.3) is 5.69 Å². The fraction of sp³-hybridized carbons (Fsp3) is 0. The normalized spacial score (nSPS) is 11.6. The highest BCUT2D eigenvalue weighted by Crippen LogP contribution is 2.13. The van der Waals surface area contributed by atoms with Crippen LogP contribution in [-0.4, -0.2) is 4.92 Å². The SMILES string of the molecule is N#CC(C#N)=C1N=c2c(Cl)ccc([N+](=O)[O-])c2=N1. The molecular formula is C10H2ClN5O2. The summed E-state index contributed by atoms with van der Waals surface area (Å²) in [6, 6.07) is 5.74. The van der Waals surface area contributed by atoms with Crippen LogP contribution in [0.25, 0.3) is 0 Å². The number of rotatable bonds is 1. The summed E-state index contributed by atoms with van der Waals surface area (Å²) in [5.41, 5.74) is -0.597. The summed E-state index contributed by atoms with van der Waals surface area (Å²) in [4.78, 5) is 17.9. The first kappa shape index (κ1) is 11.7. The van der Waals surface area contributed by atoms with E-state index in [1.54, 1.807) is 12.1 Å². The van der Waals surface area contributed by atoms with Crippen molar-refractivity contribution in [1.29, 1.82) is 10.5 Å². The molecule has 0 radical (unpaired) electrons. The van der Waals surface area contributed by atoms with E-state index in [1.165, 1.54) is 12.1 Å². The van der Waals surface area contributed by atoms with Gasteiger partial charge in [-0.3, -0.25) is 10.1 Å². The number of allylic oxidation sites excluding steroid dienone is 1. The van der Waals surface area contributed by atoms with Gasteiger partial charge in [0, 0.05) is 6.07 Å². The monoisotopic (exact) mass is 259 g/mol. The Kier molecular flexibility index (Phi) is 2.76. The first-order chi connectivity index (χ1) is 8.58. The summed E-state index contributed by atoms with van der Waals surface area (Å²) in [7, 11) is 0. The fourth-order valence-corrected chi connectivity index (χ4v) is 1.58.